The van der Waals surface area contributed by atoms with E-state index in [0.717, 1.165) is 38.6 Å². The first-order chi connectivity index (χ1) is 12.2. The van der Waals surface area contributed by atoms with Crippen molar-refractivity contribution in [1.29, 1.82) is 0 Å². The van der Waals surface area contributed by atoms with E-state index in [1.807, 2.05) is 0 Å². The predicted octanol–water partition coefficient (Wildman–Crippen LogP) is 2.81. The SMILES string of the molecule is O=C(CNCC1(O)CCCCC1)N1CCc2ccccc2C1C1CC1. The van der Waals surface area contributed by atoms with E-state index in [4.69, 9.17) is 0 Å². The Balaban J connectivity index is 1.38. The van der Waals surface area contributed by atoms with Gasteiger partial charge in [-0.3, -0.25) is 4.79 Å². The van der Waals surface area contributed by atoms with Crippen molar-refractivity contribution in [3.8, 4) is 0 Å². The molecule has 2 aliphatic carbocycles. The maximum absolute atomic E-state index is 12.9. The Kier molecular flexibility index (Phi) is 4.83. The summed E-state index contributed by atoms with van der Waals surface area (Å²) in [5.41, 5.74) is 2.16. The summed E-state index contributed by atoms with van der Waals surface area (Å²) in [6, 6.07) is 8.88. The van der Waals surface area contributed by atoms with Gasteiger partial charge in [0.05, 0.1) is 18.2 Å². The predicted molar refractivity (Wildman–Crippen MR) is 98.2 cm³/mol. The summed E-state index contributed by atoms with van der Waals surface area (Å²) in [5, 5.41) is 13.8. The van der Waals surface area contributed by atoms with Crippen molar-refractivity contribution in [3.63, 3.8) is 0 Å². The summed E-state index contributed by atoms with van der Waals surface area (Å²) in [7, 11) is 0. The minimum Gasteiger partial charge on any atom is -0.389 e. The number of amides is 1. The van der Waals surface area contributed by atoms with Crippen molar-refractivity contribution in [2.75, 3.05) is 19.6 Å². The first-order valence-corrected chi connectivity index (χ1v) is 9.97. The zero-order valence-electron chi connectivity index (χ0n) is 15.0. The lowest BCUT2D eigenvalue weighted by atomic mass is 9.85. The molecule has 1 atom stereocenters. The van der Waals surface area contributed by atoms with Gasteiger partial charge >= 0.3 is 0 Å². The summed E-state index contributed by atoms with van der Waals surface area (Å²) in [4.78, 5) is 15.0. The van der Waals surface area contributed by atoms with Gasteiger partial charge in [0.25, 0.3) is 0 Å². The number of fused-ring (bicyclic) bond motifs is 1. The van der Waals surface area contributed by atoms with Crippen molar-refractivity contribution in [2.24, 2.45) is 5.92 Å². The van der Waals surface area contributed by atoms with Gasteiger partial charge in [0.15, 0.2) is 0 Å². The normalized spacial score (nSPS) is 25.5. The van der Waals surface area contributed by atoms with Crippen molar-refractivity contribution in [2.45, 2.75) is 63.0 Å². The van der Waals surface area contributed by atoms with E-state index in [0.29, 0.717) is 19.0 Å². The van der Waals surface area contributed by atoms with E-state index in [-0.39, 0.29) is 11.9 Å². The second-order valence-electron chi connectivity index (χ2n) is 8.21. The monoisotopic (exact) mass is 342 g/mol. The molecule has 0 bridgehead atoms. The molecule has 25 heavy (non-hydrogen) atoms. The number of rotatable bonds is 5. The quantitative estimate of drug-likeness (QED) is 0.865. The minimum atomic E-state index is -0.608. The highest BCUT2D eigenvalue weighted by atomic mass is 16.3. The van der Waals surface area contributed by atoms with Crippen LogP contribution < -0.4 is 5.32 Å². The molecule has 4 rings (SSSR count). The summed E-state index contributed by atoms with van der Waals surface area (Å²) < 4.78 is 0. The Morgan fingerprint density at radius 2 is 1.96 bits per heavy atom. The lowest BCUT2D eigenvalue weighted by Gasteiger charge is -2.38. The fourth-order valence-corrected chi connectivity index (χ4v) is 4.69. The fraction of sp³-hybridized carbons (Fsp3) is 0.667. The van der Waals surface area contributed by atoms with Gasteiger partial charge in [-0.2, -0.15) is 0 Å². The molecule has 2 fully saturated rings. The third kappa shape index (κ3) is 3.75. The topological polar surface area (TPSA) is 52.6 Å². The van der Waals surface area contributed by atoms with Crippen LogP contribution >= 0.6 is 0 Å². The number of carbonyl (C=O) groups is 1. The molecular formula is C21H30N2O2. The number of nitrogens with zero attached hydrogens (tertiary/aromatic N) is 1. The average molecular weight is 342 g/mol. The molecule has 0 spiro atoms. The highest BCUT2D eigenvalue weighted by Crippen LogP contribution is 2.47. The number of benzene rings is 1. The Bertz CT molecular complexity index is 620. The molecule has 0 saturated heterocycles. The number of hydrogen-bond donors (Lipinski definition) is 2. The van der Waals surface area contributed by atoms with Crippen molar-refractivity contribution in [1.82, 2.24) is 10.2 Å². The lowest BCUT2D eigenvalue weighted by Crippen LogP contribution is -2.48. The van der Waals surface area contributed by atoms with Gasteiger partial charge in [0.2, 0.25) is 5.91 Å². The molecule has 136 valence electrons. The molecule has 1 heterocycles. The Morgan fingerprint density at radius 3 is 2.72 bits per heavy atom. The van der Waals surface area contributed by atoms with E-state index < -0.39 is 5.60 Å². The zero-order chi connectivity index (χ0) is 17.3. The molecule has 4 heteroatoms. The van der Waals surface area contributed by atoms with E-state index >= 15 is 0 Å². The van der Waals surface area contributed by atoms with Crippen LogP contribution in [0.4, 0.5) is 0 Å². The number of aliphatic hydroxyl groups is 1. The molecule has 1 aliphatic heterocycles. The first-order valence-electron chi connectivity index (χ1n) is 9.97. The summed E-state index contributed by atoms with van der Waals surface area (Å²) >= 11 is 0. The van der Waals surface area contributed by atoms with Crippen molar-refractivity contribution < 1.29 is 9.90 Å². The van der Waals surface area contributed by atoms with Crippen LogP contribution in [0.3, 0.4) is 0 Å². The smallest absolute Gasteiger partial charge is 0.237 e. The second-order valence-corrected chi connectivity index (χ2v) is 8.21. The summed E-state index contributed by atoms with van der Waals surface area (Å²) in [5.74, 6) is 0.818. The molecule has 2 N–H and O–H groups in total. The average Bonchev–Trinajstić information content (AvgIpc) is 3.46. The highest BCUT2D eigenvalue weighted by molar-refractivity contribution is 5.79. The Labute approximate surface area is 150 Å². The standard InChI is InChI=1S/C21H30N2O2/c24-19(14-22-15-21(25)11-4-1-5-12-21)23-13-10-16-6-2-3-7-18(16)20(23)17-8-9-17/h2-3,6-7,17,20,22,25H,1,4-5,8-15H2. The molecule has 3 aliphatic rings. The third-order valence-corrected chi connectivity index (χ3v) is 6.23. The first kappa shape index (κ1) is 17.0. The zero-order valence-corrected chi connectivity index (χ0v) is 15.0. The van der Waals surface area contributed by atoms with Gasteiger partial charge in [-0.1, -0.05) is 43.5 Å². The van der Waals surface area contributed by atoms with E-state index in [2.05, 4.69) is 34.5 Å². The van der Waals surface area contributed by atoms with Crippen LogP contribution in [-0.4, -0.2) is 41.1 Å². The second kappa shape index (κ2) is 7.08. The van der Waals surface area contributed by atoms with Crippen LogP contribution in [0.2, 0.25) is 0 Å². The molecule has 0 radical (unpaired) electrons. The maximum Gasteiger partial charge on any atom is 0.237 e. The summed E-state index contributed by atoms with van der Waals surface area (Å²) in [6.45, 7) is 1.70. The van der Waals surface area contributed by atoms with Crippen molar-refractivity contribution >= 4 is 5.91 Å². The lowest BCUT2D eigenvalue weighted by molar-refractivity contribution is -0.133. The molecule has 1 amide bonds. The van der Waals surface area contributed by atoms with E-state index in [9.17, 15) is 9.90 Å². The van der Waals surface area contributed by atoms with Crippen LogP contribution in [0.15, 0.2) is 24.3 Å². The highest BCUT2D eigenvalue weighted by Gasteiger charge is 2.41. The number of carbonyl (C=O) groups excluding carboxylic acids is 1. The van der Waals surface area contributed by atoms with E-state index in [1.165, 1.54) is 30.4 Å². The third-order valence-electron chi connectivity index (χ3n) is 6.23. The van der Waals surface area contributed by atoms with Crippen LogP contribution in [-0.2, 0) is 11.2 Å². The largest absolute Gasteiger partial charge is 0.389 e. The maximum atomic E-state index is 12.9. The summed E-state index contributed by atoms with van der Waals surface area (Å²) in [6.07, 6.45) is 8.54. The molecule has 2 saturated carbocycles. The van der Waals surface area contributed by atoms with Gasteiger partial charge in [-0.05, 0) is 49.1 Å². The Hall–Kier alpha value is -1.39. The van der Waals surface area contributed by atoms with E-state index in [1.54, 1.807) is 0 Å². The number of hydrogen-bond acceptors (Lipinski definition) is 3. The fourth-order valence-electron chi connectivity index (χ4n) is 4.69. The van der Waals surface area contributed by atoms with Gasteiger partial charge in [0.1, 0.15) is 0 Å². The van der Waals surface area contributed by atoms with Crippen molar-refractivity contribution in [3.05, 3.63) is 35.4 Å². The van der Waals surface area contributed by atoms with Crippen LogP contribution in [0, 0.1) is 5.92 Å². The number of nitrogens with one attached hydrogen (secondary N) is 1. The molecule has 1 aromatic rings. The Morgan fingerprint density at radius 1 is 1.20 bits per heavy atom. The van der Waals surface area contributed by atoms with Gasteiger partial charge in [0, 0.05) is 13.1 Å². The minimum absolute atomic E-state index is 0.186. The molecule has 1 unspecified atom stereocenters. The molecule has 4 nitrogen and oxygen atoms in total. The molecule has 0 aromatic heterocycles. The van der Waals surface area contributed by atoms with Crippen LogP contribution in [0.5, 0.6) is 0 Å². The molecule has 1 aromatic carbocycles. The van der Waals surface area contributed by atoms with Gasteiger partial charge in [-0.15, -0.1) is 0 Å². The van der Waals surface area contributed by atoms with Crippen LogP contribution in [0.1, 0.15) is 62.1 Å². The van der Waals surface area contributed by atoms with Gasteiger partial charge in [-0.25, -0.2) is 0 Å². The van der Waals surface area contributed by atoms with Gasteiger partial charge < -0.3 is 15.3 Å². The van der Waals surface area contributed by atoms with Crippen LogP contribution in [0.25, 0.3) is 0 Å². The molecular weight excluding hydrogens is 312 g/mol.